The van der Waals surface area contributed by atoms with Gasteiger partial charge in [0.05, 0.1) is 6.42 Å². The zero-order valence-electron chi connectivity index (χ0n) is 17.4. The second kappa shape index (κ2) is 7.90. The molecule has 0 aromatic heterocycles. The summed E-state index contributed by atoms with van der Waals surface area (Å²) in [4.78, 5) is 24.9. The first kappa shape index (κ1) is 19.3. The van der Waals surface area contributed by atoms with Crippen LogP contribution in [0.2, 0.25) is 0 Å². The molecule has 0 spiro atoms. The van der Waals surface area contributed by atoms with Crippen molar-refractivity contribution in [2.75, 3.05) is 0 Å². The van der Waals surface area contributed by atoms with Gasteiger partial charge in [-0.3, -0.25) is 20.4 Å². The Morgan fingerprint density at radius 3 is 1.87 bits per heavy atom. The third-order valence-corrected chi connectivity index (χ3v) is 7.47. The van der Waals surface area contributed by atoms with Crippen molar-refractivity contribution in [2.45, 2.75) is 51.4 Å². The van der Waals surface area contributed by atoms with E-state index in [2.05, 4.69) is 23.0 Å². The highest BCUT2D eigenvalue weighted by atomic mass is 16.2. The van der Waals surface area contributed by atoms with Gasteiger partial charge in [0.1, 0.15) is 0 Å². The molecule has 4 fully saturated rings. The minimum atomic E-state index is -0.179. The summed E-state index contributed by atoms with van der Waals surface area (Å²) in [6.45, 7) is 0. The first-order valence-corrected chi connectivity index (χ1v) is 11.3. The molecule has 0 saturated heterocycles. The number of carbonyl (C=O) groups excluding carboxylic acids is 2. The predicted molar refractivity (Wildman–Crippen MR) is 117 cm³/mol. The van der Waals surface area contributed by atoms with Crippen LogP contribution in [0.25, 0.3) is 11.1 Å². The standard InChI is InChI=1S/C26H30N2O2/c29-24(13-18-6-8-23(9-7-18)22-4-2-1-3-5-22)27-28-25(30)17-26-14-19-10-20(15-26)12-21(11-19)16-26/h1-9,19-21H,10-17H2,(H,27,29)(H,28,30). The molecule has 0 atom stereocenters. The van der Waals surface area contributed by atoms with Crippen LogP contribution < -0.4 is 10.9 Å². The monoisotopic (exact) mass is 402 g/mol. The van der Waals surface area contributed by atoms with E-state index in [1.807, 2.05) is 42.5 Å². The molecule has 0 heterocycles. The molecule has 4 bridgehead atoms. The maximum atomic E-state index is 12.6. The highest BCUT2D eigenvalue weighted by Crippen LogP contribution is 2.61. The van der Waals surface area contributed by atoms with Crippen molar-refractivity contribution < 1.29 is 9.59 Å². The van der Waals surface area contributed by atoms with Gasteiger partial charge in [0.2, 0.25) is 11.8 Å². The number of hydrogen-bond acceptors (Lipinski definition) is 2. The van der Waals surface area contributed by atoms with E-state index in [4.69, 9.17) is 0 Å². The molecule has 156 valence electrons. The predicted octanol–water partition coefficient (Wildman–Crippen LogP) is 4.65. The number of rotatable bonds is 5. The first-order chi connectivity index (χ1) is 14.6. The molecule has 30 heavy (non-hydrogen) atoms. The van der Waals surface area contributed by atoms with Gasteiger partial charge in [-0.15, -0.1) is 0 Å². The Kier molecular flexibility index (Phi) is 5.10. The Hall–Kier alpha value is -2.62. The topological polar surface area (TPSA) is 58.2 Å². The Balaban J connectivity index is 1.11. The van der Waals surface area contributed by atoms with Crippen LogP contribution in [0.1, 0.15) is 50.5 Å². The van der Waals surface area contributed by atoms with E-state index in [9.17, 15) is 9.59 Å². The lowest BCUT2D eigenvalue weighted by Crippen LogP contribution is -2.50. The van der Waals surface area contributed by atoms with Crippen LogP contribution in [0.15, 0.2) is 54.6 Å². The van der Waals surface area contributed by atoms with E-state index in [1.165, 1.54) is 38.5 Å². The van der Waals surface area contributed by atoms with Crippen molar-refractivity contribution >= 4 is 11.8 Å². The van der Waals surface area contributed by atoms with Crippen LogP contribution in [0.5, 0.6) is 0 Å². The number of hydrazine groups is 1. The fourth-order valence-corrected chi connectivity index (χ4v) is 6.71. The Morgan fingerprint density at radius 2 is 1.27 bits per heavy atom. The number of nitrogens with one attached hydrogen (secondary N) is 2. The van der Waals surface area contributed by atoms with Crippen molar-refractivity contribution in [2.24, 2.45) is 23.2 Å². The quantitative estimate of drug-likeness (QED) is 0.715. The molecular formula is C26H30N2O2. The summed E-state index contributed by atoms with van der Waals surface area (Å²) in [5, 5.41) is 0. The molecule has 0 aliphatic heterocycles. The number of hydrogen-bond donors (Lipinski definition) is 2. The van der Waals surface area contributed by atoms with E-state index in [0.29, 0.717) is 6.42 Å². The highest BCUT2D eigenvalue weighted by molar-refractivity contribution is 5.83. The van der Waals surface area contributed by atoms with Gasteiger partial charge in [-0.1, -0.05) is 54.6 Å². The van der Waals surface area contributed by atoms with Gasteiger partial charge < -0.3 is 0 Å². The number of carbonyl (C=O) groups is 2. The molecule has 4 heteroatoms. The van der Waals surface area contributed by atoms with E-state index in [-0.39, 0.29) is 23.7 Å². The van der Waals surface area contributed by atoms with E-state index >= 15 is 0 Å². The van der Waals surface area contributed by atoms with Crippen LogP contribution in [0.3, 0.4) is 0 Å². The molecular weight excluding hydrogens is 372 g/mol. The van der Waals surface area contributed by atoms with E-state index < -0.39 is 0 Å². The Labute approximate surface area is 178 Å². The zero-order valence-corrected chi connectivity index (χ0v) is 17.4. The molecule has 6 rings (SSSR count). The normalized spacial score (nSPS) is 28.9. The average molecular weight is 403 g/mol. The average Bonchev–Trinajstić information content (AvgIpc) is 2.72. The van der Waals surface area contributed by atoms with Crippen molar-refractivity contribution in [1.29, 1.82) is 0 Å². The fraction of sp³-hybridized carbons (Fsp3) is 0.462. The molecule has 4 saturated carbocycles. The van der Waals surface area contributed by atoms with Crippen LogP contribution >= 0.6 is 0 Å². The summed E-state index contributed by atoms with van der Waals surface area (Å²) in [6, 6.07) is 18.2. The smallest absolute Gasteiger partial charge is 0.242 e. The van der Waals surface area contributed by atoms with Gasteiger partial charge in [0.15, 0.2) is 0 Å². The van der Waals surface area contributed by atoms with Gasteiger partial charge in [-0.05, 0) is 78.4 Å². The maximum Gasteiger partial charge on any atom is 0.242 e. The van der Waals surface area contributed by atoms with Crippen molar-refractivity contribution in [3.63, 3.8) is 0 Å². The van der Waals surface area contributed by atoms with Gasteiger partial charge in [0.25, 0.3) is 0 Å². The van der Waals surface area contributed by atoms with Crippen LogP contribution in [0.4, 0.5) is 0 Å². The molecule has 0 radical (unpaired) electrons. The summed E-state index contributed by atoms with van der Waals surface area (Å²) in [5.41, 5.74) is 8.71. The Bertz CT molecular complexity index is 885. The lowest BCUT2D eigenvalue weighted by Gasteiger charge is -2.56. The maximum absolute atomic E-state index is 12.6. The van der Waals surface area contributed by atoms with E-state index in [1.54, 1.807) is 0 Å². The third kappa shape index (κ3) is 4.14. The summed E-state index contributed by atoms with van der Waals surface area (Å²) in [5.74, 6) is 2.28. The van der Waals surface area contributed by atoms with Crippen molar-refractivity contribution in [3.05, 3.63) is 60.2 Å². The summed E-state index contributed by atoms with van der Waals surface area (Å²) < 4.78 is 0. The zero-order chi connectivity index (χ0) is 20.6. The summed E-state index contributed by atoms with van der Waals surface area (Å²) in [6.07, 6.45) is 8.55. The second-order valence-corrected chi connectivity index (χ2v) is 9.93. The van der Waals surface area contributed by atoms with Crippen LogP contribution in [-0.4, -0.2) is 11.8 Å². The molecule has 2 aromatic rings. The third-order valence-electron chi connectivity index (χ3n) is 7.47. The van der Waals surface area contributed by atoms with Crippen molar-refractivity contribution in [1.82, 2.24) is 10.9 Å². The van der Waals surface area contributed by atoms with Gasteiger partial charge >= 0.3 is 0 Å². The fourth-order valence-electron chi connectivity index (χ4n) is 6.71. The SMILES string of the molecule is O=C(Cc1ccc(-c2ccccc2)cc1)NNC(=O)CC12CC3CC(CC(C3)C1)C2. The molecule has 4 nitrogen and oxygen atoms in total. The lowest BCUT2D eigenvalue weighted by molar-refractivity contribution is -0.134. The highest BCUT2D eigenvalue weighted by Gasteiger charge is 2.51. The van der Waals surface area contributed by atoms with Gasteiger partial charge in [0, 0.05) is 6.42 Å². The molecule has 2 amide bonds. The van der Waals surface area contributed by atoms with Gasteiger partial charge in [-0.2, -0.15) is 0 Å². The molecule has 0 unspecified atom stereocenters. The molecule has 2 aromatic carbocycles. The molecule has 4 aliphatic rings. The first-order valence-electron chi connectivity index (χ1n) is 11.3. The minimum Gasteiger partial charge on any atom is -0.273 e. The second-order valence-electron chi connectivity index (χ2n) is 9.93. The minimum absolute atomic E-state index is 0.0373. The number of amides is 2. The number of benzene rings is 2. The van der Waals surface area contributed by atoms with E-state index in [0.717, 1.165) is 34.4 Å². The van der Waals surface area contributed by atoms with Gasteiger partial charge in [-0.25, -0.2) is 0 Å². The van der Waals surface area contributed by atoms with Crippen LogP contribution in [-0.2, 0) is 16.0 Å². The van der Waals surface area contributed by atoms with Crippen molar-refractivity contribution in [3.8, 4) is 11.1 Å². The lowest BCUT2D eigenvalue weighted by atomic mass is 9.49. The van der Waals surface area contributed by atoms with Crippen LogP contribution in [0, 0.1) is 23.2 Å². The largest absolute Gasteiger partial charge is 0.273 e. The summed E-state index contributed by atoms with van der Waals surface area (Å²) in [7, 11) is 0. The molecule has 4 aliphatic carbocycles. The summed E-state index contributed by atoms with van der Waals surface area (Å²) >= 11 is 0. The molecule has 2 N–H and O–H groups in total. The Morgan fingerprint density at radius 1 is 0.733 bits per heavy atom.